The lowest BCUT2D eigenvalue weighted by molar-refractivity contribution is 0.725. The van der Waals surface area contributed by atoms with E-state index in [1.54, 1.807) is 0 Å². The van der Waals surface area contributed by atoms with Crippen molar-refractivity contribution in [2.75, 3.05) is 12.3 Å². The van der Waals surface area contributed by atoms with E-state index in [9.17, 15) is 0 Å². The minimum Gasteiger partial charge on any atom is -0.313 e. The number of unbranched alkanes of at least 4 members (excludes halogenated alkanes) is 1. The molecule has 3 heteroatoms. The van der Waals surface area contributed by atoms with Gasteiger partial charge in [0, 0.05) is 17.9 Å². The summed E-state index contributed by atoms with van der Waals surface area (Å²) in [5, 5.41) is 11.8. The Morgan fingerprint density at radius 2 is 2.31 bits per heavy atom. The third kappa shape index (κ3) is 5.20. The fourth-order valence-corrected chi connectivity index (χ4v) is 2.29. The van der Waals surface area contributed by atoms with Gasteiger partial charge in [0.15, 0.2) is 0 Å². The van der Waals surface area contributed by atoms with E-state index in [2.05, 4.69) is 42.6 Å². The number of rotatable bonds is 7. The van der Waals surface area contributed by atoms with Crippen LogP contribution in [0.25, 0.3) is 0 Å². The van der Waals surface area contributed by atoms with Crippen LogP contribution < -0.4 is 5.32 Å². The topological polar surface area (TPSA) is 35.8 Å². The molecule has 0 aliphatic rings. The molecule has 1 aromatic carbocycles. The molecule has 2 nitrogen and oxygen atoms in total. The average molecular weight is 234 g/mol. The Balaban J connectivity index is 2.38. The van der Waals surface area contributed by atoms with Crippen LogP contribution in [0.5, 0.6) is 0 Å². The molecule has 0 spiro atoms. The first-order valence-electron chi connectivity index (χ1n) is 5.66. The van der Waals surface area contributed by atoms with Crippen LogP contribution in [-0.2, 0) is 6.54 Å². The number of nitrogens with zero attached hydrogens (tertiary/aromatic N) is 1. The second-order valence-electron chi connectivity index (χ2n) is 3.54. The smallest absolute Gasteiger partial charge is 0.0622 e. The van der Waals surface area contributed by atoms with Crippen LogP contribution in [0.15, 0.2) is 29.2 Å². The highest BCUT2D eigenvalue weighted by atomic mass is 32.2. The van der Waals surface area contributed by atoms with E-state index in [1.165, 1.54) is 10.5 Å². The Labute approximate surface area is 102 Å². The van der Waals surface area contributed by atoms with Gasteiger partial charge in [-0.15, -0.1) is 11.8 Å². The standard InChI is InChI=1S/C13H18N2S/c1-2-15-11-12-6-5-7-13(10-12)16-9-4-3-8-14/h5-7,10,15H,2-4,9,11H2,1H3. The molecule has 0 unspecified atom stereocenters. The van der Waals surface area contributed by atoms with Crippen LogP contribution >= 0.6 is 11.8 Å². The van der Waals surface area contributed by atoms with Gasteiger partial charge in [0.05, 0.1) is 6.07 Å². The number of hydrogen-bond donors (Lipinski definition) is 1. The summed E-state index contributed by atoms with van der Waals surface area (Å²) in [6.45, 7) is 4.04. The zero-order valence-corrected chi connectivity index (χ0v) is 10.5. The molecule has 0 saturated carbocycles. The molecule has 0 aliphatic heterocycles. The third-order valence-corrected chi connectivity index (χ3v) is 3.26. The normalized spacial score (nSPS) is 10.0. The summed E-state index contributed by atoms with van der Waals surface area (Å²) < 4.78 is 0. The summed E-state index contributed by atoms with van der Waals surface area (Å²) in [6, 6.07) is 10.8. The number of nitrogens with one attached hydrogen (secondary N) is 1. The van der Waals surface area contributed by atoms with Gasteiger partial charge in [-0.05, 0) is 36.4 Å². The van der Waals surface area contributed by atoms with Crippen LogP contribution in [0.1, 0.15) is 25.3 Å². The third-order valence-electron chi connectivity index (χ3n) is 2.18. The minimum absolute atomic E-state index is 0.657. The number of nitriles is 1. The predicted molar refractivity (Wildman–Crippen MR) is 69.4 cm³/mol. The molecule has 16 heavy (non-hydrogen) atoms. The maximum Gasteiger partial charge on any atom is 0.0622 e. The Kier molecular flexibility index (Phi) is 6.71. The summed E-state index contributed by atoms with van der Waals surface area (Å²) in [7, 11) is 0. The molecular formula is C13H18N2S. The van der Waals surface area contributed by atoms with Gasteiger partial charge in [0.25, 0.3) is 0 Å². The monoisotopic (exact) mass is 234 g/mol. The molecule has 0 radical (unpaired) electrons. The maximum atomic E-state index is 8.44. The Morgan fingerprint density at radius 1 is 1.44 bits per heavy atom. The van der Waals surface area contributed by atoms with E-state index in [-0.39, 0.29) is 0 Å². The van der Waals surface area contributed by atoms with Gasteiger partial charge in [-0.1, -0.05) is 19.1 Å². The van der Waals surface area contributed by atoms with Crippen molar-refractivity contribution in [3.63, 3.8) is 0 Å². The number of benzene rings is 1. The Hall–Kier alpha value is -0.980. The molecule has 0 atom stereocenters. The summed E-state index contributed by atoms with van der Waals surface area (Å²) in [5.74, 6) is 1.03. The first kappa shape index (κ1) is 13.1. The van der Waals surface area contributed by atoms with E-state index >= 15 is 0 Å². The van der Waals surface area contributed by atoms with Gasteiger partial charge < -0.3 is 5.32 Å². The van der Waals surface area contributed by atoms with E-state index in [4.69, 9.17) is 5.26 Å². The average Bonchev–Trinajstić information content (AvgIpc) is 2.33. The van der Waals surface area contributed by atoms with Gasteiger partial charge >= 0.3 is 0 Å². The predicted octanol–water partition coefficient (Wildman–Crippen LogP) is 3.19. The summed E-state index contributed by atoms with van der Waals surface area (Å²) in [4.78, 5) is 1.30. The first-order valence-corrected chi connectivity index (χ1v) is 6.64. The van der Waals surface area contributed by atoms with Gasteiger partial charge in [0.1, 0.15) is 0 Å². The van der Waals surface area contributed by atoms with Crippen molar-refractivity contribution in [2.45, 2.75) is 31.2 Å². The van der Waals surface area contributed by atoms with Crippen LogP contribution in [0.3, 0.4) is 0 Å². The van der Waals surface area contributed by atoms with Crippen molar-refractivity contribution >= 4 is 11.8 Å². The van der Waals surface area contributed by atoms with Crippen molar-refractivity contribution in [1.29, 1.82) is 5.26 Å². The molecule has 0 saturated heterocycles. The van der Waals surface area contributed by atoms with Gasteiger partial charge in [-0.2, -0.15) is 5.26 Å². The molecule has 0 bridgehead atoms. The van der Waals surface area contributed by atoms with Crippen molar-refractivity contribution < 1.29 is 0 Å². The SMILES string of the molecule is CCNCc1cccc(SCCCC#N)c1. The largest absolute Gasteiger partial charge is 0.313 e. The second-order valence-corrected chi connectivity index (χ2v) is 4.71. The summed E-state index contributed by atoms with van der Waals surface area (Å²) >= 11 is 1.83. The fraction of sp³-hybridized carbons (Fsp3) is 0.462. The van der Waals surface area contributed by atoms with Gasteiger partial charge in [0.2, 0.25) is 0 Å². The molecule has 0 aromatic heterocycles. The zero-order valence-electron chi connectivity index (χ0n) is 9.70. The van der Waals surface area contributed by atoms with Crippen molar-refractivity contribution in [3.05, 3.63) is 29.8 Å². The molecule has 0 amide bonds. The van der Waals surface area contributed by atoms with Crippen molar-refractivity contribution in [1.82, 2.24) is 5.32 Å². The van der Waals surface area contributed by atoms with Crippen molar-refractivity contribution in [2.24, 2.45) is 0 Å². The Morgan fingerprint density at radius 3 is 3.06 bits per heavy atom. The van der Waals surface area contributed by atoms with E-state index in [0.717, 1.165) is 25.3 Å². The number of hydrogen-bond acceptors (Lipinski definition) is 3. The fourth-order valence-electron chi connectivity index (χ4n) is 1.36. The van der Waals surface area contributed by atoms with Crippen molar-refractivity contribution in [3.8, 4) is 6.07 Å². The van der Waals surface area contributed by atoms with Crippen LogP contribution in [-0.4, -0.2) is 12.3 Å². The Bertz CT molecular complexity index is 344. The molecule has 1 rings (SSSR count). The molecule has 1 N–H and O–H groups in total. The van der Waals surface area contributed by atoms with E-state index in [0.29, 0.717) is 6.42 Å². The van der Waals surface area contributed by atoms with E-state index in [1.807, 2.05) is 11.8 Å². The second kappa shape index (κ2) is 8.20. The van der Waals surface area contributed by atoms with Gasteiger partial charge in [-0.25, -0.2) is 0 Å². The molecule has 1 aromatic rings. The highest BCUT2D eigenvalue weighted by Gasteiger charge is 1.96. The van der Waals surface area contributed by atoms with Crippen LogP contribution in [0, 0.1) is 11.3 Å². The highest BCUT2D eigenvalue weighted by molar-refractivity contribution is 7.99. The van der Waals surface area contributed by atoms with Gasteiger partial charge in [-0.3, -0.25) is 0 Å². The summed E-state index contributed by atoms with van der Waals surface area (Å²) in [6.07, 6.45) is 1.63. The molecule has 0 fully saturated rings. The van der Waals surface area contributed by atoms with Crippen LogP contribution in [0.4, 0.5) is 0 Å². The first-order chi connectivity index (χ1) is 7.86. The quantitative estimate of drug-likeness (QED) is 0.581. The minimum atomic E-state index is 0.657. The van der Waals surface area contributed by atoms with Crippen LogP contribution in [0.2, 0.25) is 0 Å². The lowest BCUT2D eigenvalue weighted by Crippen LogP contribution is -2.11. The number of thioether (sulfide) groups is 1. The molecule has 86 valence electrons. The summed E-state index contributed by atoms with van der Waals surface area (Å²) in [5.41, 5.74) is 1.33. The maximum absolute atomic E-state index is 8.44. The zero-order chi connectivity index (χ0) is 11.6. The lowest BCUT2D eigenvalue weighted by atomic mass is 10.2. The lowest BCUT2D eigenvalue weighted by Gasteiger charge is -2.05. The van der Waals surface area contributed by atoms with E-state index < -0.39 is 0 Å². The molecule has 0 aliphatic carbocycles. The highest BCUT2D eigenvalue weighted by Crippen LogP contribution is 2.20. The molecular weight excluding hydrogens is 216 g/mol. The molecule has 0 heterocycles.